The number of ether oxygens (including phenoxy) is 2. The van der Waals surface area contributed by atoms with E-state index in [4.69, 9.17) is 9.47 Å². The minimum Gasteiger partial charge on any atom is -0.490 e. The first-order valence-corrected chi connectivity index (χ1v) is 10.1. The summed E-state index contributed by atoms with van der Waals surface area (Å²) in [4.78, 5) is 2.22. The van der Waals surface area contributed by atoms with E-state index in [-0.39, 0.29) is 0 Å². The Bertz CT molecular complexity index is 814. The molecule has 2 N–H and O–H groups in total. The van der Waals surface area contributed by atoms with Gasteiger partial charge < -0.3 is 24.6 Å². The van der Waals surface area contributed by atoms with E-state index in [1.165, 1.54) is 0 Å². The van der Waals surface area contributed by atoms with Gasteiger partial charge in [0.25, 0.3) is 0 Å². The molecule has 0 aromatic heterocycles. The Hall–Kier alpha value is -2.08. The fourth-order valence-corrected chi connectivity index (χ4v) is 4.07. The molecule has 2 aromatic carbocycles. The fourth-order valence-electron chi connectivity index (χ4n) is 4.07. The third-order valence-electron chi connectivity index (χ3n) is 5.83. The highest BCUT2D eigenvalue weighted by molar-refractivity contribution is 5.44. The number of benzene rings is 2. The maximum atomic E-state index is 11.1. The first-order chi connectivity index (χ1) is 13.5. The average Bonchev–Trinajstić information content (AvgIpc) is 2.94. The van der Waals surface area contributed by atoms with Crippen LogP contribution in [0.2, 0.25) is 0 Å². The van der Waals surface area contributed by atoms with Crippen molar-refractivity contribution >= 4 is 0 Å². The molecule has 0 spiro atoms. The molecule has 150 valence electrons. The van der Waals surface area contributed by atoms with Crippen LogP contribution in [-0.2, 0) is 5.60 Å². The van der Waals surface area contributed by atoms with Crippen LogP contribution in [0, 0.1) is 6.92 Å². The molecule has 0 unspecified atom stereocenters. The molecule has 2 heterocycles. The molecule has 2 aliphatic rings. The zero-order chi connectivity index (χ0) is 19.6. The number of rotatable bonds is 4. The van der Waals surface area contributed by atoms with Crippen LogP contribution in [0.1, 0.15) is 42.1 Å². The summed E-state index contributed by atoms with van der Waals surface area (Å²) in [5.41, 5.74) is 2.22. The number of β-amino-alcohol motifs (C(OH)–C–C–N with tert-alkyl or cyclic N) is 1. The third-order valence-corrected chi connectivity index (χ3v) is 5.83. The van der Waals surface area contributed by atoms with E-state index in [1.54, 1.807) is 0 Å². The minimum absolute atomic E-state index is 0.545. The second-order valence-electron chi connectivity index (χ2n) is 7.97. The quantitative estimate of drug-likeness (QED) is 0.849. The Morgan fingerprint density at radius 2 is 1.79 bits per heavy atom. The predicted molar refractivity (Wildman–Crippen MR) is 108 cm³/mol. The van der Waals surface area contributed by atoms with Crippen molar-refractivity contribution in [3.63, 3.8) is 0 Å². The van der Waals surface area contributed by atoms with Gasteiger partial charge in [-0.25, -0.2) is 0 Å². The van der Waals surface area contributed by atoms with Crippen molar-refractivity contribution in [3.8, 4) is 11.5 Å². The highest BCUT2D eigenvalue weighted by atomic mass is 16.5. The van der Waals surface area contributed by atoms with Gasteiger partial charge in [-0.05, 0) is 43.0 Å². The number of hydrogen-bond acceptors (Lipinski definition) is 5. The van der Waals surface area contributed by atoms with E-state index in [2.05, 4.69) is 11.0 Å². The Morgan fingerprint density at radius 1 is 1.04 bits per heavy atom. The van der Waals surface area contributed by atoms with Gasteiger partial charge in [0.05, 0.1) is 24.9 Å². The van der Waals surface area contributed by atoms with Gasteiger partial charge in [-0.1, -0.05) is 35.9 Å². The maximum absolute atomic E-state index is 11.1. The van der Waals surface area contributed by atoms with Crippen LogP contribution in [0.25, 0.3) is 0 Å². The predicted octanol–water partition coefficient (Wildman–Crippen LogP) is 3.17. The number of aryl methyl sites for hydroxylation is 1. The van der Waals surface area contributed by atoms with Crippen LogP contribution in [0.4, 0.5) is 0 Å². The SMILES string of the molecule is Cc1cccc(C2(O)CCN(C[C@@H](O)c3ccc4c(c3)OCCCO4)CC2)c1. The molecule has 4 rings (SSSR count). The lowest BCUT2D eigenvalue weighted by Gasteiger charge is -2.39. The van der Waals surface area contributed by atoms with Crippen molar-refractivity contribution < 1.29 is 19.7 Å². The monoisotopic (exact) mass is 383 g/mol. The van der Waals surface area contributed by atoms with Crippen LogP contribution >= 0.6 is 0 Å². The number of aliphatic hydroxyl groups excluding tert-OH is 1. The molecule has 1 atom stereocenters. The van der Waals surface area contributed by atoms with Crippen LogP contribution in [0.3, 0.4) is 0 Å². The highest BCUT2D eigenvalue weighted by Crippen LogP contribution is 2.35. The van der Waals surface area contributed by atoms with Gasteiger partial charge in [0.2, 0.25) is 0 Å². The van der Waals surface area contributed by atoms with Gasteiger partial charge in [-0.3, -0.25) is 0 Å². The molecule has 0 bridgehead atoms. The van der Waals surface area contributed by atoms with E-state index in [0.717, 1.165) is 42.0 Å². The number of likely N-dealkylation sites (tertiary alicyclic amines) is 1. The summed E-state index contributed by atoms with van der Waals surface area (Å²) in [6, 6.07) is 13.8. The number of hydrogen-bond donors (Lipinski definition) is 2. The summed E-state index contributed by atoms with van der Waals surface area (Å²) in [6.45, 7) is 5.40. The molecule has 0 amide bonds. The lowest BCUT2D eigenvalue weighted by Crippen LogP contribution is -2.44. The van der Waals surface area contributed by atoms with Crippen molar-refractivity contribution in [1.82, 2.24) is 4.90 Å². The van der Waals surface area contributed by atoms with Crippen LogP contribution in [0.15, 0.2) is 42.5 Å². The zero-order valence-electron chi connectivity index (χ0n) is 16.4. The van der Waals surface area contributed by atoms with Gasteiger partial charge >= 0.3 is 0 Å². The topological polar surface area (TPSA) is 62.2 Å². The maximum Gasteiger partial charge on any atom is 0.161 e. The molecule has 28 heavy (non-hydrogen) atoms. The Balaban J connectivity index is 1.37. The third kappa shape index (κ3) is 4.17. The second kappa shape index (κ2) is 8.11. The number of fused-ring (bicyclic) bond motifs is 1. The lowest BCUT2D eigenvalue weighted by atomic mass is 9.84. The summed E-state index contributed by atoms with van der Waals surface area (Å²) in [6.07, 6.45) is 1.61. The minimum atomic E-state index is -0.775. The van der Waals surface area contributed by atoms with Crippen molar-refractivity contribution in [2.45, 2.75) is 37.9 Å². The Kier molecular flexibility index (Phi) is 5.58. The van der Waals surface area contributed by atoms with Crippen molar-refractivity contribution in [1.29, 1.82) is 0 Å². The summed E-state index contributed by atoms with van der Waals surface area (Å²) >= 11 is 0. The normalized spacial score (nSPS) is 20.4. The zero-order valence-corrected chi connectivity index (χ0v) is 16.4. The van der Waals surface area contributed by atoms with E-state index in [1.807, 2.05) is 43.3 Å². The van der Waals surface area contributed by atoms with E-state index >= 15 is 0 Å². The molecule has 2 aliphatic heterocycles. The van der Waals surface area contributed by atoms with Crippen molar-refractivity contribution in [2.24, 2.45) is 0 Å². The van der Waals surface area contributed by atoms with Crippen LogP contribution in [0.5, 0.6) is 11.5 Å². The number of piperidine rings is 1. The first-order valence-electron chi connectivity index (χ1n) is 10.1. The Labute approximate surface area is 166 Å². The van der Waals surface area contributed by atoms with Gasteiger partial charge in [0, 0.05) is 26.1 Å². The molecule has 5 nitrogen and oxygen atoms in total. The van der Waals surface area contributed by atoms with Gasteiger partial charge in [-0.15, -0.1) is 0 Å². The summed E-state index contributed by atoms with van der Waals surface area (Å²) in [5, 5.41) is 21.8. The molecule has 0 aliphatic carbocycles. The van der Waals surface area contributed by atoms with Gasteiger partial charge in [0.1, 0.15) is 0 Å². The van der Waals surface area contributed by atoms with Crippen LogP contribution < -0.4 is 9.47 Å². The molecule has 0 saturated carbocycles. The molecule has 5 heteroatoms. The van der Waals surface area contributed by atoms with Crippen molar-refractivity contribution in [2.75, 3.05) is 32.8 Å². The van der Waals surface area contributed by atoms with Gasteiger partial charge in [0.15, 0.2) is 11.5 Å². The smallest absolute Gasteiger partial charge is 0.161 e. The average molecular weight is 383 g/mol. The summed E-state index contributed by atoms with van der Waals surface area (Å²) in [7, 11) is 0. The first kappa shape index (κ1) is 19.2. The lowest BCUT2D eigenvalue weighted by molar-refractivity contribution is -0.0345. The van der Waals surface area contributed by atoms with E-state index in [9.17, 15) is 10.2 Å². The van der Waals surface area contributed by atoms with E-state index in [0.29, 0.717) is 38.3 Å². The van der Waals surface area contributed by atoms with E-state index < -0.39 is 11.7 Å². The fraction of sp³-hybridized carbons (Fsp3) is 0.478. The van der Waals surface area contributed by atoms with Crippen LogP contribution in [-0.4, -0.2) is 48.0 Å². The molecular weight excluding hydrogens is 354 g/mol. The van der Waals surface area contributed by atoms with Gasteiger partial charge in [-0.2, -0.15) is 0 Å². The highest BCUT2D eigenvalue weighted by Gasteiger charge is 2.34. The second-order valence-corrected chi connectivity index (χ2v) is 7.97. The summed E-state index contributed by atoms with van der Waals surface area (Å²) < 4.78 is 11.4. The molecular formula is C23H29NO4. The number of aliphatic hydroxyl groups is 2. The standard InChI is InChI=1S/C23H29NO4/c1-17-4-2-5-19(14-17)23(26)8-10-24(11-9-23)16-20(25)18-6-7-21-22(15-18)28-13-3-12-27-21/h2,4-7,14-15,20,25-26H,3,8-13,16H2,1H3/t20-/m1/s1. The summed E-state index contributed by atoms with van der Waals surface area (Å²) in [5.74, 6) is 1.45. The molecule has 1 saturated heterocycles. The molecule has 0 radical (unpaired) electrons. The molecule has 1 fully saturated rings. The Morgan fingerprint density at radius 3 is 2.54 bits per heavy atom. The largest absolute Gasteiger partial charge is 0.490 e. The number of nitrogens with zero attached hydrogens (tertiary/aromatic N) is 1. The molecule has 2 aromatic rings. The van der Waals surface area contributed by atoms with Crippen molar-refractivity contribution in [3.05, 3.63) is 59.2 Å².